The van der Waals surface area contributed by atoms with Gasteiger partial charge in [-0.2, -0.15) is 0 Å². The molecule has 0 atom stereocenters. The summed E-state index contributed by atoms with van der Waals surface area (Å²) in [5.41, 5.74) is 5.67. The Morgan fingerprint density at radius 2 is 2.00 bits per heavy atom. The van der Waals surface area contributed by atoms with Gasteiger partial charge in [-0.05, 0) is 12.1 Å². The first-order chi connectivity index (χ1) is 9.61. The van der Waals surface area contributed by atoms with Gasteiger partial charge in [-0.1, -0.05) is 26.8 Å². The number of nitrogen functional groups attached to an aromatic ring is 1. The smallest absolute Gasteiger partial charge is 0.265 e. The largest absolute Gasteiger partial charge is 0.395 e. The topological polar surface area (TPSA) is 85.1 Å². The van der Waals surface area contributed by atoms with Crippen molar-refractivity contribution in [3.63, 3.8) is 0 Å². The van der Waals surface area contributed by atoms with Crippen LogP contribution >= 0.6 is 11.3 Å². The van der Waals surface area contributed by atoms with Crippen LogP contribution in [0.3, 0.4) is 0 Å². The van der Waals surface area contributed by atoms with Crippen LogP contribution in [0.1, 0.15) is 26.5 Å². The lowest BCUT2D eigenvalue weighted by atomic mass is 9.93. The number of halogens is 1. The number of thiazole rings is 1. The zero-order valence-corrected chi connectivity index (χ0v) is 13.5. The third kappa shape index (κ3) is 3.33. The standard InChI is InChI=1S/C13H16FN3O2S2/c1-13(2,3)10-7-20-12(16-10)17-21(18,19)9-6-4-5-8(14)11(9)15/h4-7H,15H2,1-3H3,(H,16,17). The van der Waals surface area contributed by atoms with E-state index in [1.165, 1.54) is 23.5 Å². The fraction of sp³-hybridized carbons (Fsp3) is 0.308. The summed E-state index contributed by atoms with van der Waals surface area (Å²) < 4.78 is 40.2. The van der Waals surface area contributed by atoms with Crippen LogP contribution in [0.25, 0.3) is 0 Å². The summed E-state index contributed by atoms with van der Waals surface area (Å²) in [4.78, 5) is 3.94. The number of nitrogens with two attached hydrogens (primary N) is 1. The third-order valence-electron chi connectivity index (χ3n) is 2.80. The van der Waals surface area contributed by atoms with Crippen molar-refractivity contribution in [2.24, 2.45) is 0 Å². The molecule has 0 amide bonds. The van der Waals surface area contributed by atoms with Gasteiger partial charge < -0.3 is 5.73 Å². The average Bonchev–Trinajstić information content (AvgIpc) is 2.80. The first-order valence-electron chi connectivity index (χ1n) is 6.14. The molecule has 0 unspecified atom stereocenters. The van der Waals surface area contributed by atoms with Crippen LogP contribution in [0.15, 0.2) is 28.5 Å². The van der Waals surface area contributed by atoms with Crippen molar-refractivity contribution >= 4 is 32.2 Å². The highest BCUT2D eigenvalue weighted by Crippen LogP contribution is 2.29. The summed E-state index contributed by atoms with van der Waals surface area (Å²) >= 11 is 1.17. The van der Waals surface area contributed by atoms with Crippen LogP contribution in [0, 0.1) is 5.82 Å². The van der Waals surface area contributed by atoms with Crippen molar-refractivity contribution in [1.82, 2.24) is 4.98 Å². The molecule has 0 aliphatic carbocycles. The van der Waals surface area contributed by atoms with Gasteiger partial charge in [0, 0.05) is 10.8 Å². The molecular weight excluding hydrogens is 313 g/mol. The Morgan fingerprint density at radius 3 is 2.57 bits per heavy atom. The Balaban J connectivity index is 2.34. The molecule has 0 saturated carbocycles. The number of anilines is 2. The van der Waals surface area contributed by atoms with Gasteiger partial charge in [0.2, 0.25) is 0 Å². The van der Waals surface area contributed by atoms with E-state index in [1.54, 1.807) is 5.38 Å². The molecule has 0 radical (unpaired) electrons. The highest BCUT2D eigenvalue weighted by Gasteiger charge is 2.23. The fourth-order valence-electron chi connectivity index (χ4n) is 1.59. The number of hydrogen-bond acceptors (Lipinski definition) is 5. The van der Waals surface area contributed by atoms with Crippen LogP contribution in [0.2, 0.25) is 0 Å². The second-order valence-electron chi connectivity index (χ2n) is 5.55. The molecule has 0 aliphatic heterocycles. The first kappa shape index (κ1) is 15.7. The predicted molar refractivity (Wildman–Crippen MR) is 82.4 cm³/mol. The van der Waals surface area contributed by atoms with Crippen LogP contribution in [-0.4, -0.2) is 13.4 Å². The second-order valence-corrected chi connectivity index (χ2v) is 8.05. The van der Waals surface area contributed by atoms with E-state index in [0.29, 0.717) is 0 Å². The molecule has 21 heavy (non-hydrogen) atoms. The van der Waals surface area contributed by atoms with Crippen molar-refractivity contribution in [2.45, 2.75) is 31.1 Å². The molecule has 2 rings (SSSR count). The van der Waals surface area contributed by atoms with Gasteiger partial charge in [0.05, 0.1) is 11.4 Å². The zero-order chi connectivity index (χ0) is 15.8. The summed E-state index contributed by atoms with van der Waals surface area (Å²) in [6.45, 7) is 5.93. The lowest BCUT2D eigenvalue weighted by Gasteiger charge is -2.14. The number of para-hydroxylation sites is 1. The van der Waals surface area contributed by atoms with Gasteiger partial charge in [-0.15, -0.1) is 11.3 Å². The van der Waals surface area contributed by atoms with Gasteiger partial charge in [-0.25, -0.2) is 17.8 Å². The normalized spacial score (nSPS) is 12.4. The Labute approximate surface area is 127 Å². The Bertz CT molecular complexity index is 764. The summed E-state index contributed by atoms with van der Waals surface area (Å²) in [6.07, 6.45) is 0. The van der Waals surface area contributed by atoms with Gasteiger partial charge in [0.25, 0.3) is 10.0 Å². The van der Waals surface area contributed by atoms with Crippen molar-refractivity contribution in [3.05, 3.63) is 35.1 Å². The molecule has 0 bridgehead atoms. The number of rotatable bonds is 3. The molecule has 0 aliphatic rings. The maximum Gasteiger partial charge on any atom is 0.265 e. The van der Waals surface area contributed by atoms with Crippen molar-refractivity contribution < 1.29 is 12.8 Å². The average molecular weight is 329 g/mol. The molecule has 2 aromatic rings. The molecular formula is C13H16FN3O2S2. The van der Waals surface area contributed by atoms with Crippen LogP contribution in [0.4, 0.5) is 15.2 Å². The maximum absolute atomic E-state index is 13.4. The maximum atomic E-state index is 13.4. The van der Waals surface area contributed by atoms with E-state index >= 15 is 0 Å². The lowest BCUT2D eigenvalue weighted by Crippen LogP contribution is -2.16. The number of nitrogens with zero attached hydrogens (tertiary/aromatic N) is 1. The molecule has 5 nitrogen and oxygen atoms in total. The molecule has 1 aromatic carbocycles. The van der Waals surface area contributed by atoms with Crippen molar-refractivity contribution in [1.29, 1.82) is 0 Å². The van der Waals surface area contributed by atoms with E-state index in [4.69, 9.17) is 5.73 Å². The van der Waals surface area contributed by atoms with Crippen LogP contribution in [0.5, 0.6) is 0 Å². The molecule has 1 heterocycles. The molecule has 0 fully saturated rings. The lowest BCUT2D eigenvalue weighted by molar-refractivity contribution is 0.573. The number of sulfonamides is 1. The van der Waals surface area contributed by atoms with E-state index < -0.39 is 21.5 Å². The minimum Gasteiger partial charge on any atom is -0.395 e. The van der Waals surface area contributed by atoms with E-state index in [9.17, 15) is 12.8 Å². The quantitative estimate of drug-likeness (QED) is 0.848. The minimum absolute atomic E-state index is 0.182. The van der Waals surface area contributed by atoms with Crippen molar-refractivity contribution in [3.8, 4) is 0 Å². The first-order valence-corrected chi connectivity index (χ1v) is 8.50. The highest BCUT2D eigenvalue weighted by molar-refractivity contribution is 7.93. The Kier molecular flexibility index (Phi) is 3.94. The molecule has 0 saturated heterocycles. The zero-order valence-electron chi connectivity index (χ0n) is 11.8. The van der Waals surface area contributed by atoms with Gasteiger partial charge in [0.15, 0.2) is 5.13 Å². The Hall–Kier alpha value is -1.67. The van der Waals surface area contributed by atoms with Crippen LogP contribution < -0.4 is 10.5 Å². The highest BCUT2D eigenvalue weighted by atomic mass is 32.2. The predicted octanol–water partition coefficient (Wildman–Crippen LogP) is 2.96. The molecule has 3 N–H and O–H groups in total. The van der Waals surface area contributed by atoms with E-state index in [0.717, 1.165) is 11.8 Å². The summed E-state index contributed by atoms with van der Waals surface area (Å²) in [7, 11) is -3.97. The summed E-state index contributed by atoms with van der Waals surface area (Å²) in [5, 5.41) is 2.01. The molecule has 114 valence electrons. The second kappa shape index (κ2) is 5.27. The van der Waals surface area contributed by atoms with Crippen molar-refractivity contribution in [2.75, 3.05) is 10.5 Å². The summed E-state index contributed by atoms with van der Waals surface area (Å²) in [5.74, 6) is -0.771. The minimum atomic E-state index is -3.97. The number of hydrogen-bond donors (Lipinski definition) is 2. The summed E-state index contributed by atoms with van der Waals surface area (Å²) in [6, 6.07) is 3.65. The number of aromatic nitrogens is 1. The van der Waals surface area contributed by atoms with Crippen LogP contribution in [-0.2, 0) is 15.4 Å². The number of benzene rings is 1. The van der Waals surface area contributed by atoms with E-state index in [2.05, 4.69) is 9.71 Å². The SMILES string of the molecule is CC(C)(C)c1csc(NS(=O)(=O)c2cccc(F)c2N)n1. The molecule has 8 heteroatoms. The number of nitrogens with one attached hydrogen (secondary N) is 1. The molecule has 1 aromatic heterocycles. The van der Waals surface area contributed by atoms with E-state index in [-0.39, 0.29) is 15.4 Å². The third-order valence-corrected chi connectivity index (χ3v) is 5.08. The Morgan fingerprint density at radius 1 is 1.33 bits per heavy atom. The van der Waals surface area contributed by atoms with Gasteiger partial charge >= 0.3 is 0 Å². The van der Waals surface area contributed by atoms with E-state index in [1.807, 2.05) is 20.8 Å². The van der Waals surface area contributed by atoms with Gasteiger partial charge in [0.1, 0.15) is 10.7 Å². The van der Waals surface area contributed by atoms with Gasteiger partial charge in [-0.3, -0.25) is 4.72 Å². The monoisotopic (exact) mass is 329 g/mol. The molecule has 0 spiro atoms. The fourth-order valence-corrected chi connectivity index (χ4v) is 3.92.